The third-order valence-electron chi connectivity index (χ3n) is 7.18. The van der Waals surface area contributed by atoms with Crippen LogP contribution >= 0.6 is 15.9 Å². The van der Waals surface area contributed by atoms with E-state index in [0.29, 0.717) is 10.2 Å². The molecule has 0 saturated heterocycles. The van der Waals surface area contributed by atoms with Gasteiger partial charge >= 0.3 is 7.12 Å². The zero-order valence-electron chi connectivity index (χ0n) is 14.1. The number of rotatable bonds is 1. The number of halogens is 1. The van der Waals surface area contributed by atoms with Gasteiger partial charge in [-0.2, -0.15) is 0 Å². The Morgan fingerprint density at radius 2 is 2.04 bits per heavy atom. The zero-order valence-corrected chi connectivity index (χ0v) is 15.7. The molecule has 4 saturated carbocycles. The maximum Gasteiger partial charge on any atom is 0.552 e. The average molecular weight is 398 g/mol. The molecule has 4 fully saturated rings. The molecule has 0 amide bonds. The van der Waals surface area contributed by atoms with Crippen LogP contribution in [0.1, 0.15) is 48.9 Å². The molecule has 1 aromatic rings. The molecule has 0 spiro atoms. The van der Waals surface area contributed by atoms with Crippen molar-refractivity contribution in [1.82, 2.24) is 4.98 Å². The van der Waals surface area contributed by atoms with E-state index in [2.05, 4.69) is 33.1 Å². The number of aromatic nitrogens is 1. The Balaban J connectivity index is 1.49. The van der Waals surface area contributed by atoms with Crippen LogP contribution in [0.4, 0.5) is 0 Å². The van der Waals surface area contributed by atoms with E-state index in [1.807, 2.05) is 12.2 Å². The highest BCUT2D eigenvalue weighted by Crippen LogP contribution is 2.64. The molecular weight excluding hydrogens is 377 g/mol. The number of hydrogen-bond donors (Lipinski definition) is 1. The smallest absolute Gasteiger partial charge is 0.531 e. The van der Waals surface area contributed by atoms with Crippen molar-refractivity contribution < 1.29 is 9.68 Å². The van der Waals surface area contributed by atoms with Gasteiger partial charge in [0.05, 0.1) is 11.9 Å². The fourth-order valence-corrected chi connectivity index (χ4v) is 7.97. The SMILES string of the molecule is OB1C=C(C2C3CC4CC2CC(Br)(C4)C3)c2c(cnc3c2C=CC3)O1. The predicted molar refractivity (Wildman–Crippen MR) is 102 cm³/mol. The predicted octanol–water partition coefficient (Wildman–Crippen LogP) is 4.04. The van der Waals surface area contributed by atoms with Crippen LogP contribution in [0.5, 0.6) is 5.75 Å². The molecule has 7 rings (SSSR count). The molecular formula is C20H21BBrNO2. The molecule has 25 heavy (non-hydrogen) atoms. The van der Waals surface area contributed by atoms with Crippen molar-refractivity contribution >= 4 is 34.7 Å². The van der Waals surface area contributed by atoms with Crippen molar-refractivity contribution in [3.8, 4) is 5.75 Å². The molecule has 0 radical (unpaired) electrons. The number of nitrogens with zero attached hydrogens (tertiary/aromatic N) is 1. The first-order valence-electron chi connectivity index (χ1n) is 9.54. The Hall–Kier alpha value is -1.07. The second kappa shape index (κ2) is 5.01. The Morgan fingerprint density at radius 1 is 1.24 bits per heavy atom. The summed E-state index contributed by atoms with van der Waals surface area (Å²) in [7, 11) is -0.845. The van der Waals surface area contributed by atoms with Gasteiger partial charge in [-0.25, -0.2) is 0 Å². The standard InChI is InChI=1S/C20H21BBrNO2/c22-20-6-11-4-12(7-20)18(13(5-11)8-20)15-9-21(24)25-17-10-23-16-3-1-2-14(16)19(15)17/h1-2,9-13,18,24H,3-8H2. The van der Waals surface area contributed by atoms with E-state index in [0.717, 1.165) is 35.6 Å². The first-order chi connectivity index (χ1) is 12.1. The number of hydrogen-bond acceptors (Lipinski definition) is 3. The highest BCUT2D eigenvalue weighted by molar-refractivity contribution is 9.10. The van der Waals surface area contributed by atoms with E-state index < -0.39 is 7.12 Å². The molecule has 5 aliphatic carbocycles. The van der Waals surface area contributed by atoms with Gasteiger partial charge < -0.3 is 9.68 Å². The Kier molecular flexibility index (Phi) is 3.01. The van der Waals surface area contributed by atoms with E-state index >= 15 is 0 Å². The van der Waals surface area contributed by atoms with Crippen molar-refractivity contribution in [2.45, 2.75) is 42.8 Å². The minimum absolute atomic E-state index is 0.382. The molecule has 128 valence electrons. The number of alkyl halides is 1. The Bertz CT molecular complexity index is 819. The Morgan fingerprint density at radius 3 is 2.80 bits per heavy atom. The van der Waals surface area contributed by atoms with Gasteiger partial charge in [-0.15, -0.1) is 0 Å². The quantitative estimate of drug-likeness (QED) is 0.574. The maximum atomic E-state index is 10.3. The van der Waals surface area contributed by atoms with Gasteiger partial charge in [0.2, 0.25) is 0 Å². The zero-order chi connectivity index (χ0) is 16.8. The van der Waals surface area contributed by atoms with E-state index in [4.69, 9.17) is 4.65 Å². The van der Waals surface area contributed by atoms with Crippen LogP contribution in [0.3, 0.4) is 0 Å². The van der Waals surface area contributed by atoms with E-state index in [1.165, 1.54) is 48.8 Å². The number of allylic oxidation sites excluding steroid dienone is 2. The van der Waals surface area contributed by atoms with Gasteiger partial charge in [0.25, 0.3) is 0 Å². The summed E-state index contributed by atoms with van der Waals surface area (Å²) in [5.41, 5.74) is 4.91. The van der Waals surface area contributed by atoms with Crippen molar-refractivity contribution in [2.24, 2.45) is 23.7 Å². The van der Waals surface area contributed by atoms with Gasteiger partial charge in [0.15, 0.2) is 0 Å². The van der Waals surface area contributed by atoms with Crippen LogP contribution in [0.15, 0.2) is 18.2 Å². The third-order valence-corrected chi connectivity index (χ3v) is 8.15. The normalized spacial score (nSPS) is 39.9. The molecule has 1 N–H and O–H groups in total. The van der Waals surface area contributed by atoms with Gasteiger partial charge in [-0.05, 0) is 67.3 Å². The van der Waals surface area contributed by atoms with Crippen molar-refractivity contribution in [1.29, 1.82) is 0 Å². The topological polar surface area (TPSA) is 42.4 Å². The highest BCUT2D eigenvalue weighted by Gasteiger charge is 2.55. The highest BCUT2D eigenvalue weighted by atomic mass is 79.9. The maximum absolute atomic E-state index is 10.3. The Labute approximate surface area is 156 Å². The molecule has 6 aliphatic rings. The second-order valence-corrected chi connectivity index (χ2v) is 10.4. The summed E-state index contributed by atoms with van der Waals surface area (Å²) in [6.07, 6.45) is 13.7. The molecule has 1 aromatic heterocycles. The number of pyridine rings is 1. The lowest BCUT2D eigenvalue weighted by molar-refractivity contribution is 0.00737. The van der Waals surface area contributed by atoms with E-state index in [-0.39, 0.29) is 0 Å². The summed E-state index contributed by atoms with van der Waals surface area (Å²) in [5, 5.41) is 10.3. The van der Waals surface area contributed by atoms with Crippen molar-refractivity contribution in [2.75, 3.05) is 0 Å². The number of fused-ring (bicyclic) bond motifs is 3. The summed E-state index contributed by atoms with van der Waals surface area (Å²) in [4.78, 5) is 4.56. The summed E-state index contributed by atoms with van der Waals surface area (Å²) >= 11 is 4.09. The molecule has 3 nitrogen and oxygen atoms in total. The molecule has 0 aromatic carbocycles. The first-order valence-corrected chi connectivity index (χ1v) is 10.3. The molecule has 4 bridgehead atoms. The molecule has 2 unspecified atom stereocenters. The van der Waals surface area contributed by atoms with Crippen LogP contribution in [0.2, 0.25) is 0 Å². The molecule has 2 heterocycles. The summed E-state index contributed by atoms with van der Waals surface area (Å²) in [5.74, 6) is 5.65. The minimum Gasteiger partial charge on any atom is -0.531 e. The molecule has 1 aliphatic heterocycles. The minimum atomic E-state index is -0.845. The van der Waals surface area contributed by atoms with Gasteiger partial charge in [-0.1, -0.05) is 28.1 Å². The fourth-order valence-electron chi connectivity index (χ4n) is 6.68. The monoisotopic (exact) mass is 397 g/mol. The third kappa shape index (κ3) is 2.12. The molecule has 5 heteroatoms. The van der Waals surface area contributed by atoms with Gasteiger partial charge in [-0.3, -0.25) is 4.98 Å². The van der Waals surface area contributed by atoms with Crippen LogP contribution in [0.25, 0.3) is 11.6 Å². The van der Waals surface area contributed by atoms with E-state index in [9.17, 15) is 5.02 Å². The molecule has 2 atom stereocenters. The first kappa shape index (κ1) is 15.0. The largest absolute Gasteiger partial charge is 0.552 e. The van der Waals surface area contributed by atoms with Crippen LogP contribution in [0, 0.1) is 23.7 Å². The second-order valence-electron chi connectivity index (χ2n) is 8.74. The lowest BCUT2D eigenvalue weighted by Crippen LogP contribution is -2.52. The van der Waals surface area contributed by atoms with Crippen molar-refractivity contribution in [3.63, 3.8) is 0 Å². The van der Waals surface area contributed by atoms with Crippen LogP contribution in [-0.2, 0) is 6.42 Å². The van der Waals surface area contributed by atoms with Crippen LogP contribution in [-0.4, -0.2) is 21.5 Å². The fraction of sp³-hybridized carbons (Fsp3) is 0.550. The summed E-state index contributed by atoms with van der Waals surface area (Å²) in [6, 6.07) is 0. The van der Waals surface area contributed by atoms with Gasteiger partial charge in [0.1, 0.15) is 5.75 Å². The van der Waals surface area contributed by atoms with Crippen LogP contribution < -0.4 is 4.65 Å². The van der Waals surface area contributed by atoms with Crippen molar-refractivity contribution in [3.05, 3.63) is 35.1 Å². The summed E-state index contributed by atoms with van der Waals surface area (Å²) < 4.78 is 6.11. The van der Waals surface area contributed by atoms with E-state index in [1.54, 1.807) is 0 Å². The lowest BCUT2D eigenvalue weighted by atomic mass is 9.49. The van der Waals surface area contributed by atoms with Gasteiger partial charge in [0, 0.05) is 21.9 Å². The lowest BCUT2D eigenvalue weighted by Gasteiger charge is -2.59. The average Bonchev–Trinajstić information content (AvgIpc) is 3.00. The summed E-state index contributed by atoms with van der Waals surface area (Å²) in [6.45, 7) is 0.